The number of nitrogens with zero attached hydrogens (tertiary/aromatic N) is 2. The van der Waals surface area contributed by atoms with Crippen molar-refractivity contribution in [2.75, 3.05) is 41.4 Å². The van der Waals surface area contributed by atoms with Crippen molar-refractivity contribution in [3.8, 4) is 11.5 Å². The number of benzene rings is 1. The fraction of sp³-hybridized carbons (Fsp3) is 0.500. The lowest BCUT2D eigenvalue weighted by Gasteiger charge is -2.35. The average molecular weight is 331 g/mol. The third-order valence-corrected chi connectivity index (χ3v) is 4.83. The maximum absolute atomic E-state index is 12.8. The second-order valence-electron chi connectivity index (χ2n) is 6.46. The number of aromatic amines is 1. The Morgan fingerprint density at radius 2 is 1.88 bits per heavy atom. The second-order valence-corrected chi connectivity index (χ2v) is 6.46. The molecular weight excluding hydrogens is 306 g/mol. The molecule has 1 fully saturated rings. The Balaban J connectivity index is 1.83. The zero-order chi connectivity index (χ0) is 17.3. The molecule has 1 aromatic carbocycles. The standard InChI is InChI=1S/C18H25N3O3/c1-20(2)13-5-7-21(8-6-13)18(22)15-10-12-9-14(23-3)11-16(24-4)17(12)19-15/h9-11,13,19H,5-8H2,1-4H3. The molecule has 6 nitrogen and oxygen atoms in total. The number of methoxy groups -OCH3 is 2. The van der Waals surface area contributed by atoms with Gasteiger partial charge in [0.2, 0.25) is 0 Å². The monoisotopic (exact) mass is 331 g/mol. The van der Waals surface area contributed by atoms with E-state index < -0.39 is 0 Å². The number of carbonyl (C=O) groups excluding carboxylic acids is 1. The Hall–Kier alpha value is -2.21. The second kappa shape index (κ2) is 6.73. The van der Waals surface area contributed by atoms with Crippen LogP contribution in [0.5, 0.6) is 11.5 Å². The Labute approximate surface area is 142 Å². The number of H-pyrrole nitrogens is 1. The maximum atomic E-state index is 12.8. The minimum Gasteiger partial charge on any atom is -0.497 e. The third-order valence-electron chi connectivity index (χ3n) is 4.83. The van der Waals surface area contributed by atoms with Crippen LogP contribution in [0.1, 0.15) is 23.3 Å². The number of aromatic nitrogens is 1. The van der Waals surface area contributed by atoms with E-state index in [1.807, 2.05) is 23.1 Å². The van der Waals surface area contributed by atoms with E-state index in [0.717, 1.165) is 36.8 Å². The number of hydrogen-bond donors (Lipinski definition) is 1. The molecule has 6 heteroatoms. The van der Waals surface area contributed by atoms with E-state index in [9.17, 15) is 4.79 Å². The fourth-order valence-corrected chi connectivity index (χ4v) is 3.33. The summed E-state index contributed by atoms with van der Waals surface area (Å²) >= 11 is 0. The third kappa shape index (κ3) is 3.06. The molecule has 24 heavy (non-hydrogen) atoms. The van der Waals surface area contributed by atoms with Gasteiger partial charge in [-0.1, -0.05) is 0 Å². The first-order valence-corrected chi connectivity index (χ1v) is 8.24. The first kappa shape index (κ1) is 16.6. The molecule has 0 aliphatic carbocycles. The summed E-state index contributed by atoms with van der Waals surface area (Å²) in [5.74, 6) is 1.43. The molecule has 1 amide bonds. The van der Waals surface area contributed by atoms with Gasteiger partial charge in [-0.05, 0) is 39.1 Å². The van der Waals surface area contributed by atoms with Gasteiger partial charge in [-0.25, -0.2) is 0 Å². The van der Waals surface area contributed by atoms with Crippen LogP contribution >= 0.6 is 0 Å². The first-order chi connectivity index (χ1) is 11.5. The number of rotatable bonds is 4. The van der Waals surface area contributed by atoms with Gasteiger partial charge in [-0.3, -0.25) is 4.79 Å². The van der Waals surface area contributed by atoms with Crippen LogP contribution in [0.3, 0.4) is 0 Å². The number of fused-ring (bicyclic) bond motifs is 1. The molecule has 0 unspecified atom stereocenters. The van der Waals surface area contributed by atoms with Crippen LogP contribution < -0.4 is 9.47 Å². The molecule has 2 aromatic rings. The maximum Gasteiger partial charge on any atom is 0.270 e. The smallest absolute Gasteiger partial charge is 0.270 e. The molecule has 1 saturated heterocycles. The zero-order valence-electron chi connectivity index (χ0n) is 14.8. The summed E-state index contributed by atoms with van der Waals surface area (Å²) in [5.41, 5.74) is 1.42. The van der Waals surface area contributed by atoms with Crippen molar-refractivity contribution < 1.29 is 14.3 Å². The van der Waals surface area contributed by atoms with Gasteiger partial charge >= 0.3 is 0 Å². The van der Waals surface area contributed by atoms with E-state index in [4.69, 9.17) is 9.47 Å². The molecular formula is C18H25N3O3. The van der Waals surface area contributed by atoms with Crippen molar-refractivity contribution in [2.24, 2.45) is 0 Å². The van der Waals surface area contributed by atoms with Crippen LogP contribution in [-0.2, 0) is 0 Å². The number of piperidine rings is 1. The summed E-state index contributed by atoms with van der Waals surface area (Å²) < 4.78 is 10.7. The minimum absolute atomic E-state index is 0.0458. The van der Waals surface area contributed by atoms with Crippen LogP contribution in [0.15, 0.2) is 18.2 Å². The summed E-state index contributed by atoms with van der Waals surface area (Å²) in [4.78, 5) is 20.2. The van der Waals surface area contributed by atoms with E-state index >= 15 is 0 Å². The SMILES string of the molecule is COc1cc(OC)c2[nH]c(C(=O)N3CCC(N(C)C)CC3)cc2c1. The lowest BCUT2D eigenvalue weighted by molar-refractivity contribution is 0.0658. The number of ether oxygens (including phenoxy) is 2. The molecule has 1 aromatic heterocycles. The van der Waals surface area contributed by atoms with Crippen molar-refractivity contribution in [1.29, 1.82) is 0 Å². The van der Waals surface area contributed by atoms with Crippen molar-refractivity contribution in [3.05, 3.63) is 23.9 Å². The van der Waals surface area contributed by atoms with Crippen LogP contribution in [0, 0.1) is 0 Å². The Bertz CT molecular complexity index is 730. The highest BCUT2D eigenvalue weighted by molar-refractivity contribution is 6.00. The minimum atomic E-state index is 0.0458. The van der Waals surface area contributed by atoms with E-state index in [2.05, 4.69) is 24.0 Å². The molecule has 1 N–H and O–H groups in total. The Kier molecular flexibility index (Phi) is 4.66. The van der Waals surface area contributed by atoms with Crippen molar-refractivity contribution >= 4 is 16.8 Å². The molecule has 0 radical (unpaired) electrons. The van der Waals surface area contributed by atoms with E-state index in [0.29, 0.717) is 23.2 Å². The number of hydrogen-bond acceptors (Lipinski definition) is 4. The summed E-state index contributed by atoms with van der Waals surface area (Å²) in [5, 5.41) is 0.915. The molecule has 0 atom stereocenters. The number of amides is 1. The van der Waals surface area contributed by atoms with Crippen molar-refractivity contribution in [2.45, 2.75) is 18.9 Å². The van der Waals surface area contributed by atoms with Gasteiger partial charge < -0.3 is 24.3 Å². The molecule has 3 rings (SSSR count). The Morgan fingerprint density at radius 3 is 2.46 bits per heavy atom. The van der Waals surface area contributed by atoms with Gasteiger partial charge in [0.25, 0.3) is 5.91 Å². The molecule has 0 bridgehead atoms. The van der Waals surface area contributed by atoms with Gasteiger partial charge in [-0.15, -0.1) is 0 Å². The summed E-state index contributed by atoms with van der Waals surface area (Å²) in [6, 6.07) is 6.15. The normalized spacial score (nSPS) is 16.0. The van der Waals surface area contributed by atoms with Gasteiger partial charge in [0.05, 0.1) is 19.7 Å². The summed E-state index contributed by atoms with van der Waals surface area (Å²) in [7, 11) is 7.43. The predicted molar refractivity (Wildman–Crippen MR) is 94.0 cm³/mol. The van der Waals surface area contributed by atoms with Crippen LogP contribution in [0.2, 0.25) is 0 Å². The largest absolute Gasteiger partial charge is 0.497 e. The molecule has 2 heterocycles. The summed E-state index contributed by atoms with van der Waals surface area (Å²) in [6.07, 6.45) is 2.02. The van der Waals surface area contributed by atoms with E-state index in [1.54, 1.807) is 14.2 Å². The quantitative estimate of drug-likeness (QED) is 0.934. The van der Waals surface area contributed by atoms with Gasteiger partial charge in [0.1, 0.15) is 17.2 Å². The molecule has 0 spiro atoms. The fourth-order valence-electron chi connectivity index (χ4n) is 3.33. The van der Waals surface area contributed by atoms with Crippen molar-refractivity contribution in [3.63, 3.8) is 0 Å². The number of likely N-dealkylation sites (tertiary alicyclic amines) is 1. The highest BCUT2D eigenvalue weighted by Crippen LogP contribution is 2.31. The van der Waals surface area contributed by atoms with E-state index in [-0.39, 0.29) is 5.91 Å². The van der Waals surface area contributed by atoms with Crippen LogP contribution in [-0.4, -0.2) is 68.1 Å². The van der Waals surface area contributed by atoms with Crippen molar-refractivity contribution in [1.82, 2.24) is 14.8 Å². The number of nitrogens with one attached hydrogen (secondary N) is 1. The molecule has 0 saturated carbocycles. The van der Waals surface area contributed by atoms with Crippen LogP contribution in [0.4, 0.5) is 0 Å². The zero-order valence-corrected chi connectivity index (χ0v) is 14.8. The lowest BCUT2D eigenvalue weighted by atomic mass is 10.0. The topological polar surface area (TPSA) is 57.8 Å². The predicted octanol–water partition coefficient (Wildman–Crippen LogP) is 2.35. The highest BCUT2D eigenvalue weighted by Gasteiger charge is 2.25. The highest BCUT2D eigenvalue weighted by atomic mass is 16.5. The average Bonchev–Trinajstić information content (AvgIpc) is 3.04. The summed E-state index contributed by atoms with van der Waals surface area (Å²) in [6.45, 7) is 1.58. The Morgan fingerprint density at radius 1 is 1.17 bits per heavy atom. The van der Waals surface area contributed by atoms with Crippen LogP contribution in [0.25, 0.3) is 10.9 Å². The molecule has 1 aliphatic heterocycles. The van der Waals surface area contributed by atoms with Gasteiger partial charge in [-0.2, -0.15) is 0 Å². The number of carbonyl (C=O) groups is 1. The van der Waals surface area contributed by atoms with Gasteiger partial charge in [0, 0.05) is 30.6 Å². The van der Waals surface area contributed by atoms with E-state index in [1.165, 1.54) is 0 Å². The lowest BCUT2D eigenvalue weighted by Crippen LogP contribution is -2.44. The van der Waals surface area contributed by atoms with Gasteiger partial charge in [0.15, 0.2) is 0 Å². The molecule has 130 valence electrons. The molecule has 1 aliphatic rings. The first-order valence-electron chi connectivity index (χ1n) is 8.24.